The van der Waals surface area contributed by atoms with Gasteiger partial charge in [0, 0.05) is 12.6 Å². The lowest BCUT2D eigenvalue weighted by Gasteiger charge is -2.04. The summed E-state index contributed by atoms with van der Waals surface area (Å²) in [5.41, 5.74) is 3.68. The fraction of sp³-hybridized carbons (Fsp3) is 0.455. The van der Waals surface area contributed by atoms with Gasteiger partial charge in [-0.15, -0.1) is 0 Å². The molecule has 2 aromatic rings. The number of aromatic nitrogens is 4. The molecule has 0 amide bonds. The van der Waals surface area contributed by atoms with Gasteiger partial charge in [0.25, 0.3) is 0 Å². The maximum Gasteiger partial charge on any atom is 0.132 e. The normalized spacial score (nSPS) is 11.2. The number of hydrogen-bond acceptors (Lipinski definition) is 2. The van der Waals surface area contributed by atoms with Crippen molar-refractivity contribution >= 4 is 23.2 Å². The molecule has 92 valence electrons. The molecule has 0 aliphatic rings. The minimum Gasteiger partial charge on any atom is -0.263 e. The van der Waals surface area contributed by atoms with Crippen molar-refractivity contribution in [2.75, 3.05) is 0 Å². The number of rotatable bonds is 2. The minimum absolute atomic E-state index is 0.595. The molecule has 0 radical (unpaired) electrons. The zero-order chi connectivity index (χ0) is 12.7. The molecule has 6 heteroatoms. The van der Waals surface area contributed by atoms with Gasteiger partial charge in [0.2, 0.25) is 0 Å². The van der Waals surface area contributed by atoms with Crippen LogP contribution in [0.4, 0.5) is 0 Å². The maximum atomic E-state index is 6.19. The fourth-order valence-electron chi connectivity index (χ4n) is 1.83. The van der Waals surface area contributed by atoms with Crippen molar-refractivity contribution in [3.05, 3.63) is 32.8 Å². The lowest BCUT2D eigenvalue weighted by atomic mass is 10.2. The van der Waals surface area contributed by atoms with Gasteiger partial charge >= 0.3 is 0 Å². The monoisotopic (exact) mass is 272 g/mol. The van der Waals surface area contributed by atoms with Crippen molar-refractivity contribution in [2.24, 2.45) is 7.05 Å². The first-order valence-electron chi connectivity index (χ1n) is 5.29. The highest BCUT2D eigenvalue weighted by Crippen LogP contribution is 2.23. The quantitative estimate of drug-likeness (QED) is 0.843. The van der Waals surface area contributed by atoms with E-state index in [0.717, 1.165) is 22.6 Å². The van der Waals surface area contributed by atoms with E-state index >= 15 is 0 Å². The van der Waals surface area contributed by atoms with Crippen LogP contribution in [0.2, 0.25) is 10.2 Å². The van der Waals surface area contributed by atoms with Crippen LogP contribution in [0.15, 0.2) is 0 Å². The fourth-order valence-corrected chi connectivity index (χ4v) is 2.20. The van der Waals surface area contributed by atoms with Crippen LogP contribution in [0.5, 0.6) is 0 Å². The summed E-state index contributed by atoms with van der Waals surface area (Å²) in [6.07, 6.45) is 0. The molecule has 0 fully saturated rings. The van der Waals surface area contributed by atoms with Gasteiger partial charge in [-0.3, -0.25) is 9.36 Å². The Morgan fingerprint density at radius 1 is 1.06 bits per heavy atom. The van der Waals surface area contributed by atoms with Crippen LogP contribution in [0.3, 0.4) is 0 Å². The lowest BCUT2D eigenvalue weighted by Crippen LogP contribution is -2.05. The van der Waals surface area contributed by atoms with Gasteiger partial charge in [-0.1, -0.05) is 23.2 Å². The maximum absolute atomic E-state index is 6.19. The van der Waals surface area contributed by atoms with Gasteiger partial charge in [-0.05, 0) is 20.8 Å². The Morgan fingerprint density at radius 3 is 2.12 bits per heavy atom. The predicted molar refractivity (Wildman–Crippen MR) is 68.8 cm³/mol. The Bertz CT molecular complexity index is 569. The molecule has 2 aromatic heterocycles. The molecule has 0 saturated heterocycles. The largest absolute Gasteiger partial charge is 0.263 e. The first-order valence-corrected chi connectivity index (χ1v) is 6.05. The van der Waals surface area contributed by atoms with E-state index in [1.54, 1.807) is 4.68 Å². The predicted octanol–water partition coefficient (Wildman–Crippen LogP) is 2.90. The number of hydrogen-bond donors (Lipinski definition) is 0. The first-order chi connectivity index (χ1) is 7.91. The minimum atomic E-state index is 0.595. The topological polar surface area (TPSA) is 35.6 Å². The Kier molecular flexibility index (Phi) is 3.19. The molecule has 0 aliphatic carbocycles. The van der Waals surface area contributed by atoms with Gasteiger partial charge in [0.1, 0.15) is 5.15 Å². The summed E-state index contributed by atoms with van der Waals surface area (Å²) in [6, 6.07) is 0. The summed E-state index contributed by atoms with van der Waals surface area (Å²) in [4.78, 5) is 0. The summed E-state index contributed by atoms with van der Waals surface area (Å²) in [5, 5.41) is 10.0. The van der Waals surface area contributed by atoms with Crippen molar-refractivity contribution in [3.63, 3.8) is 0 Å². The number of aryl methyl sites for hydroxylation is 3. The third-order valence-corrected chi connectivity index (χ3v) is 3.89. The van der Waals surface area contributed by atoms with Crippen LogP contribution < -0.4 is 0 Å². The standard InChI is InChI=1S/C11H14Cl2N4/c1-6-9(11(13)16(4)14-6)5-17-8(3)10(12)7(2)15-17/h5H2,1-4H3. The second-order valence-corrected chi connectivity index (χ2v) is 4.86. The Morgan fingerprint density at radius 2 is 1.71 bits per heavy atom. The van der Waals surface area contributed by atoms with Gasteiger partial charge in [0.15, 0.2) is 0 Å². The van der Waals surface area contributed by atoms with Crippen LogP contribution in [0, 0.1) is 20.8 Å². The van der Waals surface area contributed by atoms with Crippen molar-refractivity contribution in [3.8, 4) is 0 Å². The van der Waals surface area contributed by atoms with Crippen LogP contribution in [-0.4, -0.2) is 19.6 Å². The second kappa shape index (κ2) is 4.35. The van der Waals surface area contributed by atoms with E-state index in [0.29, 0.717) is 16.7 Å². The molecule has 0 bridgehead atoms. The molecule has 0 unspecified atom stereocenters. The number of halogens is 2. The van der Waals surface area contributed by atoms with Crippen LogP contribution in [-0.2, 0) is 13.6 Å². The van der Waals surface area contributed by atoms with E-state index in [-0.39, 0.29) is 0 Å². The highest BCUT2D eigenvalue weighted by Gasteiger charge is 2.15. The molecule has 4 nitrogen and oxygen atoms in total. The van der Waals surface area contributed by atoms with E-state index in [1.165, 1.54) is 0 Å². The van der Waals surface area contributed by atoms with Gasteiger partial charge < -0.3 is 0 Å². The van der Waals surface area contributed by atoms with Crippen LogP contribution in [0.25, 0.3) is 0 Å². The van der Waals surface area contributed by atoms with E-state index in [4.69, 9.17) is 23.2 Å². The Labute approximate surface area is 110 Å². The molecule has 0 aliphatic heterocycles. The average molecular weight is 273 g/mol. The molecule has 0 spiro atoms. The molecular weight excluding hydrogens is 259 g/mol. The van der Waals surface area contributed by atoms with Gasteiger partial charge in [-0.25, -0.2) is 0 Å². The molecular formula is C11H14Cl2N4. The molecule has 0 aromatic carbocycles. The van der Waals surface area contributed by atoms with Gasteiger partial charge in [0.05, 0.1) is 28.6 Å². The molecule has 0 N–H and O–H groups in total. The summed E-state index contributed by atoms with van der Waals surface area (Å²) in [5.74, 6) is 0. The molecule has 0 saturated carbocycles. The van der Waals surface area contributed by atoms with Crippen molar-refractivity contribution in [1.29, 1.82) is 0 Å². The highest BCUT2D eigenvalue weighted by atomic mass is 35.5. The van der Waals surface area contributed by atoms with Crippen molar-refractivity contribution in [2.45, 2.75) is 27.3 Å². The molecule has 17 heavy (non-hydrogen) atoms. The van der Waals surface area contributed by atoms with Crippen LogP contribution >= 0.6 is 23.2 Å². The summed E-state index contributed by atoms with van der Waals surface area (Å²) < 4.78 is 3.52. The molecule has 2 heterocycles. The third-order valence-electron chi connectivity index (χ3n) is 2.87. The third kappa shape index (κ3) is 2.07. The van der Waals surface area contributed by atoms with E-state index < -0.39 is 0 Å². The highest BCUT2D eigenvalue weighted by molar-refractivity contribution is 6.31. The molecule has 2 rings (SSSR count). The van der Waals surface area contributed by atoms with Crippen molar-refractivity contribution in [1.82, 2.24) is 19.6 Å². The Hall–Kier alpha value is -1.000. The summed E-state index contributed by atoms with van der Waals surface area (Å²) >= 11 is 12.3. The summed E-state index contributed by atoms with van der Waals surface area (Å²) in [7, 11) is 1.83. The first kappa shape index (κ1) is 12.5. The van der Waals surface area contributed by atoms with Crippen molar-refractivity contribution < 1.29 is 0 Å². The average Bonchev–Trinajstić information content (AvgIpc) is 2.65. The molecule has 0 atom stereocenters. The Balaban J connectivity index is 2.41. The smallest absolute Gasteiger partial charge is 0.132 e. The van der Waals surface area contributed by atoms with Crippen LogP contribution in [0.1, 0.15) is 22.6 Å². The second-order valence-electron chi connectivity index (χ2n) is 4.12. The number of nitrogens with zero attached hydrogens (tertiary/aromatic N) is 4. The summed E-state index contributed by atoms with van der Waals surface area (Å²) in [6.45, 7) is 6.37. The lowest BCUT2D eigenvalue weighted by molar-refractivity contribution is 0.656. The van der Waals surface area contributed by atoms with E-state index in [1.807, 2.05) is 32.5 Å². The van der Waals surface area contributed by atoms with E-state index in [9.17, 15) is 0 Å². The van der Waals surface area contributed by atoms with Gasteiger partial charge in [-0.2, -0.15) is 10.2 Å². The SMILES string of the molecule is Cc1nn(Cc2c(C)nn(C)c2Cl)c(C)c1Cl. The zero-order valence-corrected chi connectivity index (χ0v) is 11.8. The van der Waals surface area contributed by atoms with E-state index in [2.05, 4.69) is 10.2 Å². The zero-order valence-electron chi connectivity index (χ0n) is 10.3.